The molecule has 1 amide bonds. The number of nitrogens with one attached hydrogen (secondary N) is 1. The van der Waals surface area contributed by atoms with Crippen LogP contribution in [0, 0.1) is 6.92 Å². The minimum Gasteiger partial charge on any atom is -0.351 e. The van der Waals surface area contributed by atoms with E-state index in [1.54, 1.807) is 12.1 Å². The lowest BCUT2D eigenvalue weighted by Gasteiger charge is -2.14. The molecule has 1 aliphatic rings. The SMILES string of the molecule is Cc1cc(C(=O)NCCN2CCCC2)cc(Cl)n1. The number of aromatic nitrogens is 1. The van der Waals surface area contributed by atoms with E-state index in [1.165, 1.54) is 12.8 Å². The van der Waals surface area contributed by atoms with Crippen molar-refractivity contribution in [2.75, 3.05) is 26.2 Å². The van der Waals surface area contributed by atoms with Gasteiger partial charge < -0.3 is 10.2 Å². The van der Waals surface area contributed by atoms with Crippen LogP contribution < -0.4 is 5.32 Å². The lowest BCUT2D eigenvalue weighted by molar-refractivity contribution is 0.0949. The van der Waals surface area contributed by atoms with E-state index in [0.29, 0.717) is 17.3 Å². The number of aryl methyl sites for hydroxylation is 1. The molecule has 1 aromatic heterocycles. The average Bonchev–Trinajstić information content (AvgIpc) is 2.80. The van der Waals surface area contributed by atoms with Crippen LogP contribution >= 0.6 is 11.6 Å². The minimum absolute atomic E-state index is 0.0819. The molecule has 98 valence electrons. The summed E-state index contributed by atoms with van der Waals surface area (Å²) in [5.74, 6) is -0.0819. The molecule has 5 heteroatoms. The Morgan fingerprint density at radius 2 is 2.17 bits per heavy atom. The molecule has 4 nitrogen and oxygen atoms in total. The zero-order valence-corrected chi connectivity index (χ0v) is 11.3. The highest BCUT2D eigenvalue weighted by molar-refractivity contribution is 6.29. The molecular weight excluding hydrogens is 250 g/mol. The quantitative estimate of drug-likeness (QED) is 0.847. The smallest absolute Gasteiger partial charge is 0.251 e. The van der Waals surface area contributed by atoms with Crippen molar-refractivity contribution in [3.8, 4) is 0 Å². The maximum atomic E-state index is 11.9. The lowest BCUT2D eigenvalue weighted by atomic mass is 10.2. The van der Waals surface area contributed by atoms with Crippen LogP contribution in [0.25, 0.3) is 0 Å². The zero-order valence-electron chi connectivity index (χ0n) is 10.6. The summed E-state index contributed by atoms with van der Waals surface area (Å²) in [7, 11) is 0. The van der Waals surface area contributed by atoms with Crippen LogP contribution in [-0.4, -0.2) is 42.0 Å². The van der Waals surface area contributed by atoms with Crippen molar-refractivity contribution in [3.63, 3.8) is 0 Å². The van der Waals surface area contributed by atoms with Gasteiger partial charge in [0.1, 0.15) is 5.15 Å². The molecule has 1 aromatic rings. The summed E-state index contributed by atoms with van der Waals surface area (Å²) < 4.78 is 0. The van der Waals surface area contributed by atoms with Crippen LogP contribution in [0.1, 0.15) is 28.9 Å². The van der Waals surface area contributed by atoms with Crippen molar-refractivity contribution in [3.05, 3.63) is 28.5 Å². The molecule has 18 heavy (non-hydrogen) atoms. The highest BCUT2D eigenvalue weighted by atomic mass is 35.5. The molecule has 0 radical (unpaired) electrons. The Labute approximate surface area is 112 Å². The van der Waals surface area contributed by atoms with E-state index in [1.807, 2.05) is 6.92 Å². The van der Waals surface area contributed by atoms with E-state index in [9.17, 15) is 4.79 Å². The molecule has 0 bridgehead atoms. The molecule has 1 N–H and O–H groups in total. The third-order valence-electron chi connectivity index (χ3n) is 3.10. The van der Waals surface area contributed by atoms with Gasteiger partial charge in [0.15, 0.2) is 0 Å². The number of carbonyl (C=O) groups excluding carboxylic acids is 1. The Kier molecular flexibility index (Phi) is 4.55. The Morgan fingerprint density at radius 3 is 2.83 bits per heavy atom. The topological polar surface area (TPSA) is 45.2 Å². The summed E-state index contributed by atoms with van der Waals surface area (Å²) in [6.45, 7) is 5.72. The van der Waals surface area contributed by atoms with E-state index in [0.717, 1.165) is 25.3 Å². The fourth-order valence-corrected chi connectivity index (χ4v) is 2.45. The molecule has 0 aromatic carbocycles. The van der Waals surface area contributed by atoms with Crippen LogP contribution in [0.3, 0.4) is 0 Å². The highest BCUT2D eigenvalue weighted by Crippen LogP contribution is 2.10. The summed E-state index contributed by atoms with van der Waals surface area (Å²) in [6.07, 6.45) is 2.54. The van der Waals surface area contributed by atoms with Crippen molar-refractivity contribution >= 4 is 17.5 Å². The highest BCUT2D eigenvalue weighted by Gasteiger charge is 2.12. The lowest BCUT2D eigenvalue weighted by Crippen LogP contribution is -2.33. The zero-order chi connectivity index (χ0) is 13.0. The molecule has 0 saturated carbocycles. The van der Waals surface area contributed by atoms with E-state index in [4.69, 9.17) is 11.6 Å². The third-order valence-corrected chi connectivity index (χ3v) is 3.29. The number of nitrogens with zero attached hydrogens (tertiary/aromatic N) is 2. The number of amides is 1. The second-order valence-electron chi connectivity index (χ2n) is 4.62. The summed E-state index contributed by atoms with van der Waals surface area (Å²) in [6, 6.07) is 3.34. The van der Waals surface area contributed by atoms with Crippen molar-refractivity contribution in [2.24, 2.45) is 0 Å². The number of likely N-dealkylation sites (tertiary alicyclic amines) is 1. The molecule has 1 saturated heterocycles. The van der Waals surface area contributed by atoms with Gasteiger partial charge in [-0.3, -0.25) is 4.79 Å². The van der Waals surface area contributed by atoms with Gasteiger partial charge in [0.2, 0.25) is 0 Å². The average molecular weight is 268 g/mol. The molecule has 1 fully saturated rings. The second kappa shape index (κ2) is 6.16. The summed E-state index contributed by atoms with van der Waals surface area (Å²) in [4.78, 5) is 18.3. The third kappa shape index (κ3) is 3.68. The van der Waals surface area contributed by atoms with Crippen LogP contribution in [0.2, 0.25) is 5.15 Å². The summed E-state index contributed by atoms with van der Waals surface area (Å²) >= 11 is 5.83. The number of hydrogen-bond donors (Lipinski definition) is 1. The van der Waals surface area contributed by atoms with Crippen LogP contribution in [0.5, 0.6) is 0 Å². The van der Waals surface area contributed by atoms with Crippen LogP contribution in [0.15, 0.2) is 12.1 Å². The van der Waals surface area contributed by atoms with E-state index >= 15 is 0 Å². The number of rotatable bonds is 4. The Hall–Kier alpha value is -1.13. The molecule has 0 aliphatic carbocycles. The second-order valence-corrected chi connectivity index (χ2v) is 5.01. The monoisotopic (exact) mass is 267 g/mol. The van der Waals surface area contributed by atoms with Gasteiger partial charge in [-0.05, 0) is 45.0 Å². The number of carbonyl (C=O) groups is 1. The molecule has 2 heterocycles. The van der Waals surface area contributed by atoms with Gasteiger partial charge in [0.25, 0.3) is 5.91 Å². The van der Waals surface area contributed by atoms with Crippen LogP contribution in [0.4, 0.5) is 0 Å². The summed E-state index contributed by atoms with van der Waals surface area (Å²) in [5, 5.41) is 3.27. The van der Waals surface area contributed by atoms with E-state index in [2.05, 4.69) is 15.2 Å². The van der Waals surface area contributed by atoms with Crippen molar-refractivity contribution < 1.29 is 4.79 Å². The van der Waals surface area contributed by atoms with Gasteiger partial charge in [-0.25, -0.2) is 4.98 Å². The largest absolute Gasteiger partial charge is 0.351 e. The molecule has 0 spiro atoms. The summed E-state index contributed by atoms with van der Waals surface area (Å²) in [5.41, 5.74) is 1.33. The van der Waals surface area contributed by atoms with Gasteiger partial charge in [0.05, 0.1) is 0 Å². The fraction of sp³-hybridized carbons (Fsp3) is 0.538. The Morgan fingerprint density at radius 1 is 1.44 bits per heavy atom. The van der Waals surface area contributed by atoms with Crippen LogP contribution in [-0.2, 0) is 0 Å². The van der Waals surface area contributed by atoms with E-state index < -0.39 is 0 Å². The van der Waals surface area contributed by atoms with Crippen molar-refractivity contribution in [2.45, 2.75) is 19.8 Å². The first-order valence-electron chi connectivity index (χ1n) is 6.30. The van der Waals surface area contributed by atoms with Gasteiger partial charge >= 0.3 is 0 Å². The molecule has 1 aliphatic heterocycles. The Balaban J connectivity index is 1.83. The van der Waals surface area contributed by atoms with Crippen molar-refractivity contribution in [1.29, 1.82) is 0 Å². The number of hydrogen-bond acceptors (Lipinski definition) is 3. The van der Waals surface area contributed by atoms with E-state index in [-0.39, 0.29) is 5.91 Å². The first-order valence-corrected chi connectivity index (χ1v) is 6.68. The number of halogens is 1. The first-order chi connectivity index (χ1) is 8.65. The minimum atomic E-state index is -0.0819. The fourth-order valence-electron chi connectivity index (χ4n) is 2.19. The maximum Gasteiger partial charge on any atom is 0.251 e. The van der Waals surface area contributed by atoms with Gasteiger partial charge in [-0.1, -0.05) is 11.6 Å². The van der Waals surface area contributed by atoms with Crippen molar-refractivity contribution in [1.82, 2.24) is 15.2 Å². The van der Waals surface area contributed by atoms with Gasteiger partial charge in [0, 0.05) is 24.3 Å². The predicted octanol–water partition coefficient (Wildman–Crippen LogP) is 1.87. The normalized spacial score (nSPS) is 15.9. The molecule has 2 rings (SSSR count). The standard InChI is InChI=1S/C13H18ClN3O/c1-10-8-11(9-12(14)16-10)13(18)15-4-7-17-5-2-3-6-17/h8-9H,2-7H2,1H3,(H,15,18). The molecule has 0 unspecified atom stereocenters. The van der Waals surface area contributed by atoms with Gasteiger partial charge in [-0.15, -0.1) is 0 Å². The first kappa shape index (κ1) is 13.3. The number of pyridine rings is 1. The molecular formula is C13H18ClN3O. The van der Waals surface area contributed by atoms with Gasteiger partial charge in [-0.2, -0.15) is 0 Å². The predicted molar refractivity (Wildman–Crippen MR) is 72.0 cm³/mol. The Bertz CT molecular complexity index is 410. The maximum absolute atomic E-state index is 11.9. The molecule has 0 atom stereocenters.